The van der Waals surface area contributed by atoms with Crippen molar-refractivity contribution in [3.05, 3.63) is 181 Å². The van der Waals surface area contributed by atoms with Crippen LogP contribution in [0.15, 0.2) is 186 Å². The smallest absolute Gasteiger partial charge is 0.143 e. The largest absolute Gasteiger partial charge is 0.455 e. The number of hydrogen-bond donors (Lipinski definition) is 0. The first-order valence-corrected chi connectivity index (χ1v) is 14.9. The van der Waals surface area contributed by atoms with E-state index < -0.39 is 184 Å². The van der Waals surface area contributed by atoms with Gasteiger partial charge in [0.05, 0.1) is 32.9 Å². The number of fused-ring (bicyclic) bond motifs is 6. The SMILES string of the molecule is [2H]c1c([2H])c([2H])c(-c2c([2H])c([2H])c3c(oc4c(-c5ccc(-c6c7c([2H])c([2H])c([2H])c([2H])c7c(-c7c([2H])c([2H])c([2H])c([2H])c7[2H])c7c([2H])c([2H])c([2H])c([2H])c67)c6ccccc56)c([2H])c([2H])c([2H])c43)c2[2H])c([2H])c1[2H]. The van der Waals surface area contributed by atoms with Crippen LogP contribution in [0.3, 0.4) is 0 Å². The second-order valence-electron chi connectivity index (χ2n) is 11.0. The Morgan fingerprint density at radius 3 is 1.57 bits per heavy atom. The van der Waals surface area contributed by atoms with E-state index in [2.05, 4.69) is 0 Å². The Morgan fingerprint density at radius 2 is 0.898 bits per heavy atom. The van der Waals surface area contributed by atoms with E-state index in [-0.39, 0.29) is 60.2 Å². The van der Waals surface area contributed by atoms with Gasteiger partial charge in [0.1, 0.15) is 11.2 Å². The first-order valence-electron chi connectivity index (χ1n) is 26.9. The van der Waals surface area contributed by atoms with E-state index in [1.807, 2.05) is 0 Å². The van der Waals surface area contributed by atoms with Gasteiger partial charge in [0.15, 0.2) is 0 Å². The quantitative estimate of drug-likeness (QED) is 0.173. The molecule has 10 aromatic rings. The van der Waals surface area contributed by atoms with Crippen molar-refractivity contribution in [3.63, 3.8) is 0 Å². The van der Waals surface area contributed by atoms with Gasteiger partial charge in [-0.25, -0.2) is 0 Å². The molecule has 228 valence electrons. The zero-order valence-electron chi connectivity index (χ0n) is 48.9. The average Bonchev–Trinajstić information content (AvgIpc) is 3.78. The molecule has 0 bridgehead atoms. The van der Waals surface area contributed by atoms with Gasteiger partial charge in [0.2, 0.25) is 0 Å². The lowest BCUT2D eigenvalue weighted by atomic mass is 9.84. The Balaban J connectivity index is 1.38. The molecule has 0 amide bonds. The second kappa shape index (κ2) is 11.1. The summed E-state index contributed by atoms with van der Waals surface area (Å²) in [5.74, 6) is 0. The molecule has 0 N–H and O–H groups in total. The summed E-state index contributed by atoms with van der Waals surface area (Å²) in [7, 11) is 0. The van der Waals surface area contributed by atoms with Crippen LogP contribution in [-0.4, -0.2) is 0 Å². The third-order valence-corrected chi connectivity index (χ3v) is 8.40. The van der Waals surface area contributed by atoms with Crippen LogP contribution in [0.25, 0.3) is 98.8 Å². The molecular formula is C48H30O. The Morgan fingerprint density at radius 1 is 0.347 bits per heavy atom. The predicted octanol–water partition coefficient (Wildman–Crippen LogP) is 13.7. The maximum absolute atomic E-state index is 9.42. The van der Waals surface area contributed by atoms with E-state index in [1.54, 1.807) is 24.3 Å². The molecule has 49 heavy (non-hydrogen) atoms. The van der Waals surface area contributed by atoms with E-state index in [0.717, 1.165) is 0 Å². The molecule has 0 saturated carbocycles. The van der Waals surface area contributed by atoms with Crippen molar-refractivity contribution < 1.29 is 37.3 Å². The summed E-state index contributed by atoms with van der Waals surface area (Å²) in [4.78, 5) is 0. The molecule has 0 aliphatic rings. The summed E-state index contributed by atoms with van der Waals surface area (Å²) < 4.78 is 219. The highest BCUT2D eigenvalue weighted by atomic mass is 16.3. The Hall–Kier alpha value is -6.44. The van der Waals surface area contributed by atoms with Crippen LogP contribution in [0.1, 0.15) is 32.9 Å². The molecule has 9 aromatic carbocycles. The molecular weight excluding hydrogens is 593 g/mol. The summed E-state index contributed by atoms with van der Waals surface area (Å²) in [6, 6.07) is -8.72. The molecule has 1 nitrogen and oxygen atoms in total. The minimum atomic E-state index is -0.821. The van der Waals surface area contributed by atoms with Gasteiger partial charge in [-0.15, -0.1) is 0 Å². The number of para-hydroxylation sites is 1. The van der Waals surface area contributed by atoms with E-state index in [9.17, 15) is 8.22 Å². The molecule has 0 fully saturated rings. The number of hydrogen-bond acceptors (Lipinski definition) is 1. The predicted molar refractivity (Wildman–Crippen MR) is 208 cm³/mol. The third-order valence-electron chi connectivity index (χ3n) is 8.40. The zero-order valence-corrected chi connectivity index (χ0v) is 24.9. The standard InChI is InChI=1S/C48H30O/c1-3-14-31(15-4-1)33-26-27-37-44-25-13-24-43(48(44)49-45(37)30-33)36-28-29-42(35-19-8-7-18-34(35)36)47-40-22-11-9-20-38(40)46(32-16-5-2-6-17-32)39-21-10-12-23-41(39)47/h1-30H/i1D,2D,3D,4D,5D,6D,9D,10D,11D,12D,13D,14D,15D,16D,17D,20D,21D,22D,23D,24D,25D,26D,27D,30D. The van der Waals surface area contributed by atoms with Gasteiger partial charge >= 0.3 is 0 Å². The van der Waals surface area contributed by atoms with Crippen molar-refractivity contribution in [1.29, 1.82) is 0 Å². The maximum Gasteiger partial charge on any atom is 0.143 e. The Bertz CT molecular complexity index is 4120. The van der Waals surface area contributed by atoms with Crippen LogP contribution in [0.5, 0.6) is 0 Å². The third kappa shape index (κ3) is 4.33. The minimum Gasteiger partial charge on any atom is -0.455 e. The van der Waals surface area contributed by atoms with E-state index in [4.69, 9.17) is 29.1 Å². The average molecular weight is 647 g/mol. The van der Waals surface area contributed by atoms with Crippen molar-refractivity contribution in [2.45, 2.75) is 0 Å². The van der Waals surface area contributed by atoms with E-state index in [0.29, 0.717) is 0 Å². The van der Waals surface area contributed by atoms with Crippen LogP contribution < -0.4 is 0 Å². The van der Waals surface area contributed by atoms with E-state index in [1.165, 1.54) is 12.1 Å². The van der Waals surface area contributed by atoms with Crippen molar-refractivity contribution in [2.24, 2.45) is 0 Å². The number of benzene rings is 9. The maximum atomic E-state index is 9.42. The lowest BCUT2D eigenvalue weighted by molar-refractivity contribution is 0.670. The molecule has 0 atom stereocenters. The van der Waals surface area contributed by atoms with Gasteiger partial charge in [-0.2, -0.15) is 0 Å². The van der Waals surface area contributed by atoms with Crippen LogP contribution in [-0.2, 0) is 0 Å². The first-order chi connectivity index (χ1) is 34.3. The fraction of sp³-hybridized carbons (Fsp3) is 0. The van der Waals surface area contributed by atoms with Gasteiger partial charge in [0, 0.05) is 16.3 Å². The van der Waals surface area contributed by atoms with Crippen LogP contribution >= 0.6 is 0 Å². The summed E-state index contributed by atoms with van der Waals surface area (Å²) >= 11 is 0. The van der Waals surface area contributed by atoms with Crippen molar-refractivity contribution in [1.82, 2.24) is 0 Å². The lowest BCUT2D eigenvalue weighted by Gasteiger charge is -2.19. The molecule has 1 heterocycles. The van der Waals surface area contributed by atoms with Gasteiger partial charge < -0.3 is 4.42 Å². The monoisotopic (exact) mass is 646 g/mol. The topological polar surface area (TPSA) is 13.1 Å². The van der Waals surface area contributed by atoms with Crippen LogP contribution in [0.2, 0.25) is 0 Å². The molecule has 0 aliphatic carbocycles. The summed E-state index contributed by atoms with van der Waals surface area (Å²) in [6.45, 7) is 0. The van der Waals surface area contributed by atoms with Crippen molar-refractivity contribution in [2.75, 3.05) is 0 Å². The summed E-state index contributed by atoms with van der Waals surface area (Å²) in [5, 5.41) is -1.67. The molecule has 0 saturated heterocycles. The minimum absolute atomic E-state index is 0.0802. The van der Waals surface area contributed by atoms with E-state index >= 15 is 0 Å². The van der Waals surface area contributed by atoms with Crippen LogP contribution in [0, 0.1) is 0 Å². The highest BCUT2D eigenvalue weighted by molar-refractivity contribution is 6.24. The van der Waals surface area contributed by atoms with Gasteiger partial charge in [-0.05, 0) is 83.3 Å². The van der Waals surface area contributed by atoms with Crippen molar-refractivity contribution >= 4 is 54.3 Å². The summed E-state index contributed by atoms with van der Waals surface area (Å²) in [6.07, 6.45) is 0. The molecule has 1 heteroatoms. The molecule has 0 spiro atoms. The van der Waals surface area contributed by atoms with Gasteiger partial charge in [-0.1, -0.05) is 169 Å². The van der Waals surface area contributed by atoms with Crippen LogP contribution in [0.4, 0.5) is 0 Å². The number of rotatable bonds is 4. The van der Waals surface area contributed by atoms with Gasteiger partial charge in [0.25, 0.3) is 0 Å². The molecule has 0 radical (unpaired) electrons. The summed E-state index contributed by atoms with van der Waals surface area (Å²) in [5.41, 5.74) is -3.06. The van der Waals surface area contributed by atoms with Gasteiger partial charge in [-0.3, -0.25) is 0 Å². The Labute approximate surface area is 318 Å². The first kappa shape index (κ1) is 12.9. The molecule has 10 rings (SSSR count). The highest BCUT2D eigenvalue weighted by Gasteiger charge is 2.20. The number of furan rings is 1. The normalized spacial score (nSPS) is 18.5. The highest BCUT2D eigenvalue weighted by Crippen LogP contribution is 2.47. The Kier molecular flexibility index (Phi) is 2.91. The zero-order chi connectivity index (χ0) is 53.2. The fourth-order valence-corrected chi connectivity index (χ4v) is 6.36. The fourth-order valence-electron chi connectivity index (χ4n) is 6.36. The second-order valence-corrected chi connectivity index (χ2v) is 11.0. The molecule has 1 aromatic heterocycles. The lowest BCUT2D eigenvalue weighted by Crippen LogP contribution is -1.92. The molecule has 0 unspecified atom stereocenters. The molecule has 0 aliphatic heterocycles. The van der Waals surface area contributed by atoms with Crippen molar-refractivity contribution in [3.8, 4) is 44.5 Å².